The van der Waals surface area contributed by atoms with Crippen molar-refractivity contribution in [2.45, 2.75) is 3.03 Å². The largest absolute Gasteiger partial charge is 0.339 e. The maximum absolute atomic E-state index is 3.68. The Balaban J connectivity index is 3.02. The molecule has 0 saturated heterocycles. The summed E-state index contributed by atoms with van der Waals surface area (Å²) in [6, 6.07) is 0. The van der Waals surface area contributed by atoms with E-state index in [4.69, 9.17) is 0 Å². The van der Waals surface area contributed by atoms with Crippen LogP contribution in [0.1, 0.15) is 0 Å². The predicted molar refractivity (Wildman–Crippen MR) is 39.1 cm³/mol. The number of alkyl halides is 1. The van der Waals surface area contributed by atoms with Crippen LogP contribution in [0.4, 0.5) is 0 Å². The molecule has 0 amide bonds. The average Bonchev–Trinajstić information content (AvgIpc) is 0.722. The van der Waals surface area contributed by atoms with Crippen molar-refractivity contribution in [2.75, 3.05) is 0 Å². The summed E-state index contributed by atoms with van der Waals surface area (Å²) < 4.78 is 0.0533. The summed E-state index contributed by atoms with van der Waals surface area (Å²) in [7, 11) is 5.11. The highest BCUT2D eigenvalue weighted by atomic mass is 127. The molecular formula is CH7INP2+. The highest BCUT2D eigenvalue weighted by molar-refractivity contribution is 14.1. The summed E-state index contributed by atoms with van der Waals surface area (Å²) in [4.78, 5) is 0. The summed E-state index contributed by atoms with van der Waals surface area (Å²) in [6.45, 7) is 0. The van der Waals surface area contributed by atoms with Gasteiger partial charge in [0.15, 0.2) is 3.03 Å². The SMILES string of the molecule is [NH3+]C(P)(P)I. The number of hydrogen-bond donors (Lipinski definition) is 1. The zero-order valence-corrected chi connectivity index (χ0v) is 7.21. The Labute approximate surface area is 50.0 Å². The molecule has 5 heavy (non-hydrogen) atoms. The van der Waals surface area contributed by atoms with E-state index in [9.17, 15) is 0 Å². The zero-order valence-electron chi connectivity index (χ0n) is 2.74. The molecule has 0 saturated carbocycles. The Morgan fingerprint density at radius 1 is 1.60 bits per heavy atom. The Bertz CT molecular complexity index is 25.1. The van der Waals surface area contributed by atoms with Gasteiger partial charge in [0.05, 0.1) is 0 Å². The molecule has 0 fully saturated rings. The van der Waals surface area contributed by atoms with E-state index in [0.29, 0.717) is 0 Å². The van der Waals surface area contributed by atoms with Crippen LogP contribution < -0.4 is 5.73 Å². The van der Waals surface area contributed by atoms with Crippen LogP contribution in [0.2, 0.25) is 0 Å². The van der Waals surface area contributed by atoms with E-state index < -0.39 is 0 Å². The van der Waals surface area contributed by atoms with Gasteiger partial charge in [-0.1, -0.05) is 18.5 Å². The summed E-state index contributed by atoms with van der Waals surface area (Å²) in [5.74, 6) is 0. The second kappa shape index (κ2) is 2.02. The van der Waals surface area contributed by atoms with Crippen LogP contribution in [0.3, 0.4) is 0 Å². The maximum atomic E-state index is 3.68. The van der Waals surface area contributed by atoms with Gasteiger partial charge >= 0.3 is 0 Å². The van der Waals surface area contributed by atoms with E-state index in [0.717, 1.165) is 0 Å². The van der Waals surface area contributed by atoms with Gasteiger partial charge in [0, 0.05) is 0 Å². The lowest BCUT2D eigenvalue weighted by Gasteiger charge is -1.98. The van der Waals surface area contributed by atoms with Crippen LogP contribution in [0.15, 0.2) is 0 Å². The first-order valence-corrected chi connectivity index (χ1v) is 3.35. The van der Waals surface area contributed by atoms with Crippen LogP contribution in [-0.2, 0) is 0 Å². The molecule has 0 aromatic rings. The molecule has 0 aliphatic carbocycles. The molecule has 0 bridgehead atoms. The minimum Gasteiger partial charge on any atom is -0.339 e. The second-order valence-electron chi connectivity index (χ2n) is 0.927. The van der Waals surface area contributed by atoms with Gasteiger partial charge in [-0.2, -0.15) is 0 Å². The first-order chi connectivity index (χ1) is 2.00. The third-order valence-electron chi connectivity index (χ3n) is 0. The topological polar surface area (TPSA) is 27.6 Å². The second-order valence-corrected chi connectivity index (χ2v) is 8.01. The molecule has 0 heterocycles. The van der Waals surface area contributed by atoms with Crippen LogP contribution in [0.5, 0.6) is 0 Å². The van der Waals surface area contributed by atoms with Gasteiger partial charge in [-0.3, -0.25) is 0 Å². The summed E-state index contributed by atoms with van der Waals surface area (Å²) >= 11 is 2.19. The predicted octanol–water partition coefficient (Wildman–Crippen LogP) is 0.0248. The molecule has 0 aromatic heterocycles. The molecule has 2 unspecified atom stereocenters. The molecular weight excluding hydrogens is 215 g/mol. The Morgan fingerprint density at radius 3 is 1.60 bits per heavy atom. The molecule has 32 valence electrons. The molecule has 0 aromatic carbocycles. The fraction of sp³-hybridized carbons (Fsp3) is 1.00. The minimum absolute atomic E-state index is 0.0533. The van der Waals surface area contributed by atoms with Gasteiger partial charge in [0.25, 0.3) is 0 Å². The van der Waals surface area contributed by atoms with Crippen LogP contribution in [-0.4, -0.2) is 3.03 Å². The molecule has 3 N–H and O–H groups in total. The molecule has 0 spiro atoms. The fourth-order valence-corrected chi connectivity index (χ4v) is 0. The summed E-state index contributed by atoms with van der Waals surface area (Å²) in [5, 5.41) is 0. The lowest BCUT2D eigenvalue weighted by Crippen LogP contribution is -2.60. The summed E-state index contributed by atoms with van der Waals surface area (Å²) in [6.07, 6.45) is 0. The van der Waals surface area contributed by atoms with Crippen molar-refractivity contribution in [3.8, 4) is 0 Å². The number of rotatable bonds is 0. The molecule has 0 aliphatic rings. The Hall–Kier alpha value is 1.55. The van der Waals surface area contributed by atoms with E-state index in [1.54, 1.807) is 0 Å². The van der Waals surface area contributed by atoms with E-state index in [1.165, 1.54) is 0 Å². The third kappa shape index (κ3) is 29.1. The van der Waals surface area contributed by atoms with Gasteiger partial charge in [0.2, 0.25) is 0 Å². The van der Waals surface area contributed by atoms with Gasteiger partial charge in [-0.25, -0.2) is 0 Å². The minimum atomic E-state index is 0.0533. The van der Waals surface area contributed by atoms with Crippen LogP contribution in [0, 0.1) is 0 Å². The van der Waals surface area contributed by atoms with E-state index in [2.05, 4.69) is 46.8 Å². The molecule has 1 nitrogen and oxygen atoms in total. The fourth-order valence-electron chi connectivity index (χ4n) is 0. The van der Waals surface area contributed by atoms with Crippen molar-refractivity contribution in [3.63, 3.8) is 0 Å². The Kier molecular flexibility index (Phi) is 2.64. The van der Waals surface area contributed by atoms with Crippen molar-refractivity contribution in [2.24, 2.45) is 0 Å². The molecule has 0 rings (SSSR count). The quantitative estimate of drug-likeness (QED) is 0.259. The number of hydrogen-bond acceptors (Lipinski definition) is 0. The van der Waals surface area contributed by atoms with E-state index >= 15 is 0 Å². The smallest absolute Gasteiger partial charge is 0.166 e. The molecule has 2 atom stereocenters. The van der Waals surface area contributed by atoms with Crippen molar-refractivity contribution < 1.29 is 5.73 Å². The van der Waals surface area contributed by atoms with Crippen LogP contribution >= 0.6 is 41.1 Å². The van der Waals surface area contributed by atoms with Crippen molar-refractivity contribution in [1.29, 1.82) is 0 Å². The zero-order chi connectivity index (χ0) is 4.50. The van der Waals surface area contributed by atoms with Gasteiger partial charge < -0.3 is 5.73 Å². The molecule has 0 aliphatic heterocycles. The van der Waals surface area contributed by atoms with Gasteiger partial charge in [0.1, 0.15) is 0 Å². The lowest BCUT2D eigenvalue weighted by atomic mass is 11.5. The first-order valence-electron chi connectivity index (χ1n) is 1.12. The average molecular weight is 222 g/mol. The van der Waals surface area contributed by atoms with Crippen molar-refractivity contribution in [3.05, 3.63) is 0 Å². The van der Waals surface area contributed by atoms with Crippen molar-refractivity contribution in [1.82, 2.24) is 0 Å². The van der Waals surface area contributed by atoms with Crippen LogP contribution in [0.25, 0.3) is 0 Å². The van der Waals surface area contributed by atoms with Gasteiger partial charge in [-0.05, 0) is 22.6 Å². The molecule has 4 heteroatoms. The lowest BCUT2D eigenvalue weighted by molar-refractivity contribution is -0.363. The third-order valence-corrected chi connectivity index (χ3v) is 0. The van der Waals surface area contributed by atoms with Gasteiger partial charge in [-0.15, -0.1) is 0 Å². The number of halogens is 1. The highest BCUT2D eigenvalue weighted by Gasteiger charge is 2.04. The Morgan fingerprint density at radius 2 is 1.60 bits per heavy atom. The van der Waals surface area contributed by atoms with E-state index in [-0.39, 0.29) is 3.03 Å². The standard InChI is InChI=1S/CH6INP2/c2-1(3,4)5/h3-5H2/p+1. The number of quaternary nitrogens is 1. The molecule has 0 radical (unpaired) electrons. The van der Waals surface area contributed by atoms with Crippen molar-refractivity contribution >= 4 is 41.1 Å². The maximum Gasteiger partial charge on any atom is 0.166 e. The monoisotopic (exact) mass is 222 g/mol. The highest BCUT2D eigenvalue weighted by Crippen LogP contribution is 2.24. The summed E-state index contributed by atoms with van der Waals surface area (Å²) in [5.41, 5.74) is 3.68. The first kappa shape index (κ1) is 6.55. The normalized spacial score (nSPS) is 12.0. The van der Waals surface area contributed by atoms with E-state index in [1.807, 2.05) is 0 Å².